The maximum absolute atomic E-state index is 12.2. The largest absolute Gasteiger partial charge is 0.357 e. The van der Waals surface area contributed by atoms with E-state index in [4.69, 9.17) is 0 Å². The lowest BCUT2D eigenvalue weighted by Gasteiger charge is -2.34. The highest BCUT2D eigenvalue weighted by Gasteiger charge is 2.18. The Balaban J connectivity index is 1.10. The number of piperazine rings is 1. The molecule has 2 fully saturated rings. The Morgan fingerprint density at radius 1 is 0.903 bits per heavy atom. The number of urea groups is 1. The van der Waals surface area contributed by atoms with Crippen LogP contribution < -0.4 is 20.4 Å². The van der Waals surface area contributed by atoms with Crippen LogP contribution in [0.1, 0.15) is 25.7 Å². The summed E-state index contributed by atoms with van der Waals surface area (Å²) >= 11 is 0. The molecule has 0 unspecified atom stereocenters. The van der Waals surface area contributed by atoms with Gasteiger partial charge in [0, 0.05) is 58.2 Å². The molecule has 2 N–H and O–H groups in total. The van der Waals surface area contributed by atoms with Crippen molar-refractivity contribution >= 4 is 23.5 Å². The molecule has 9 nitrogen and oxygen atoms in total. The molecule has 2 aliphatic heterocycles. The van der Waals surface area contributed by atoms with Gasteiger partial charge in [0.1, 0.15) is 5.82 Å². The van der Waals surface area contributed by atoms with Crippen molar-refractivity contribution in [3.05, 3.63) is 36.8 Å². The topological polar surface area (TPSA) is 89.5 Å². The van der Waals surface area contributed by atoms with Gasteiger partial charge in [0.05, 0.1) is 11.9 Å². The lowest BCUT2D eigenvalue weighted by molar-refractivity contribution is 0.244. The second-order valence-electron chi connectivity index (χ2n) is 8.06. The van der Waals surface area contributed by atoms with Crippen LogP contribution >= 0.6 is 0 Å². The molecule has 9 heteroatoms. The maximum atomic E-state index is 12.2. The number of carbonyl (C=O) groups is 1. The standard InChI is InChI=1S/C22H32N8O/c31-22(27-19-6-7-20(26-18-19)29-12-2-1-3-13-29)25-10-5-11-28-14-16-30(17-15-28)21-23-8-4-9-24-21/h4,6-9,18H,1-3,5,10-17H2,(H2,25,27,31). The van der Waals surface area contributed by atoms with Gasteiger partial charge in [-0.05, 0) is 50.4 Å². The summed E-state index contributed by atoms with van der Waals surface area (Å²) in [5, 5.41) is 5.81. The predicted octanol–water partition coefficient (Wildman–Crippen LogP) is 2.20. The highest BCUT2D eigenvalue weighted by atomic mass is 16.2. The fraction of sp³-hybridized carbons (Fsp3) is 0.545. The van der Waals surface area contributed by atoms with Crippen molar-refractivity contribution in [3.8, 4) is 0 Å². The van der Waals surface area contributed by atoms with E-state index in [1.807, 2.05) is 18.2 Å². The number of amides is 2. The first-order valence-electron chi connectivity index (χ1n) is 11.3. The van der Waals surface area contributed by atoms with Gasteiger partial charge in [-0.15, -0.1) is 0 Å². The number of carbonyl (C=O) groups excluding carboxylic acids is 1. The van der Waals surface area contributed by atoms with Crippen LogP contribution in [0.2, 0.25) is 0 Å². The van der Waals surface area contributed by atoms with Crippen molar-refractivity contribution in [3.63, 3.8) is 0 Å². The van der Waals surface area contributed by atoms with E-state index in [1.165, 1.54) is 19.3 Å². The number of hydrogen-bond acceptors (Lipinski definition) is 7. The molecule has 0 atom stereocenters. The van der Waals surface area contributed by atoms with Gasteiger partial charge in [-0.3, -0.25) is 4.90 Å². The molecule has 0 spiro atoms. The Morgan fingerprint density at radius 2 is 1.68 bits per heavy atom. The van der Waals surface area contributed by atoms with Crippen molar-refractivity contribution in [2.24, 2.45) is 0 Å². The van der Waals surface area contributed by atoms with Gasteiger partial charge in [-0.1, -0.05) is 0 Å². The third-order valence-corrected chi connectivity index (χ3v) is 5.83. The van der Waals surface area contributed by atoms with Crippen molar-refractivity contribution in [2.45, 2.75) is 25.7 Å². The molecule has 2 aromatic rings. The minimum atomic E-state index is -0.182. The molecule has 0 aromatic carbocycles. The highest BCUT2D eigenvalue weighted by Crippen LogP contribution is 2.18. The molecule has 2 amide bonds. The Labute approximate surface area is 183 Å². The average molecular weight is 425 g/mol. The van der Waals surface area contributed by atoms with Gasteiger partial charge in [-0.2, -0.15) is 0 Å². The highest BCUT2D eigenvalue weighted by molar-refractivity contribution is 5.89. The van der Waals surface area contributed by atoms with E-state index in [0.29, 0.717) is 6.54 Å². The first-order chi connectivity index (χ1) is 15.3. The van der Waals surface area contributed by atoms with Crippen molar-refractivity contribution < 1.29 is 4.79 Å². The molecule has 4 heterocycles. The quantitative estimate of drug-likeness (QED) is 0.659. The summed E-state index contributed by atoms with van der Waals surface area (Å²) in [4.78, 5) is 32.2. The smallest absolute Gasteiger partial charge is 0.319 e. The Bertz CT molecular complexity index is 802. The molecule has 2 aliphatic rings. The van der Waals surface area contributed by atoms with Gasteiger partial charge >= 0.3 is 6.03 Å². The lowest BCUT2D eigenvalue weighted by Crippen LogP contribution is -2.47. The average Bonchev–Trinajstić information content (AvgIpc) is 2.84. The van der Waals surface area contributed by atoms with Crippen LogP contribution in [0.4, 0.5) is 22.2 Å². The molecule has 31 heavy (non-hydrogen) atoms. The van der Waals surface area contributed by atoms with E-state index in [1.54, 1.807) is 18.6 Å². The molecular formula is C22H32N8O. The molecule has 0 aliphatic carbocycles. The van der Waals surface area contributed by atoms with E-state index in [9.17, 15) is 4.79 Å². The zero-order valence-corrected chi connectivity index (χ0v) is 18.0. The molecule has 0 radical (unpaired) electrons. The van der Waals surface area contributed by atoms with Crippen LogP contribution in [0.25, 0.3) is 0 Å². The van der Waals surface area contributed by atoms with Crippen molar-refractivity contribution in [1.29, 1.82) is 0 Å². The van der Waals surface area contributed by atoms with E-state index in [-0.39, 0.29) is 6.03 Å². The van der Waals surface area contributed by atoms with Crippen LogP contribution in [0.15, 0.2) is 36.8 Å². The minimum Gasteiger partial charge on any atom is -0.357 e. The summed E-state index contributed by atoms with van der Waals surface area (Å²) < 4.78 is 0. The number of nitrogens with zero attached hydrogens (tertiary/aromatic N) is 6. The van der Waals surface area contributed by atoms with Crippen LogP contribution in [0.5, 0.6) is 0 Å². The fourth-order valence-corrected chi connectivity index (χ4v) is 4.08. The first kappa shape index (κ1) is 21.3. The first-order valence-corrected chi connectivity index (χ1v) is 11.3. The summed E-state index contributed by atoms with van der Waals surface area (Å²) in [6.45, 7) is 7.57. The molecule has 0 saturated carbocycles. The van der Waals surface area contributed by atoms with Crippen molar-refractivity contribution in [1.82, 2.24) is 25.2 Å². The Kier molecular flexibility index (Phi) is 7.49. The summed E-state index contributed by atoms with van der Waals surface area (Å²) in [6.07, 6.45) is 9.97. The van der Waals surface area contributed by atoms with E-state index in [2.05, 4.69) is 40.3 Å². The van der Waals surface area contributed by atoms with Crippen LogP contribution in [0, 0.1) is 0 Å². The zero-order valence-electron chi connectivity index (χ0n) is 18.0. The molecule has 2 aromatic heterocycles. The van der Waals surface area contributed by atoms with Crippen LogP contribution in [0.3, 0.4) is 0 Å². The predicted molar refractivity (Wildman–Crippen MR) is 123 cm³/mol. The van der Waals surface area contributed by atoms with Crippen LogP contribution in [-0.4, -0.2) is 78.2 Å². The number of anilines is 3. The van der Waals surface area contributed by atoms with Gasteiger partial charge in [0.25, 0.3) is 0 Å². The normalized spacial score (nSPS) is 17.4. The maximum Gasteiger partial charge on any atom is 0.319 e. The van der Waals surface area contributed by atoms with Crippen molar-refractivity contribution in [2.75, 3.05) is 67.5 Å². The second-order valence-corrected chi connectivity index (χ2v) is 8.06. The summed E-state index contributed by atoms with van der Waals surface area (Å²) in [5.41, 5.74) is 0.720. The van der Waals surface area contributed by atoms with E-state index in [0.717, 1.165) is 69.7 Å². The number of hydrogen-bond donors (Lipinski definition) is 2. The number of rotatable bonds is 7. The van der Waals surface area contributed by atoms with E-state index >= 15 is 0 Å². The Hall–Kier alpha value is -2.94. The summed E-state index contributed by atoms with van der Waals surface area (Å²) in [5.74, 6) is 1.79. The summed E-state index contributed by atoms with van der Waals surface area (Å²) in [7, 11) is 0. The molecule has 166 valence electrons. The van der Waals surface area contributed by atoms with E-state index < -0.39 is 0 Å². The Morgan fingerprint density at radius 3 is 2.39 bits per heavy atom. The number of pyridine rings is 1. The molecule has 0 bridgehead atoms. The molecule has 2 saturated heterocycles. The third-order valence-electron chi connectivity index (χ3n) is 5.83. The number of nitrogens with one attached hydrogen (secondary N) is 2. The molecular weight excluding hydrogens is 392 g/mol. The minimum absolute atomic E-state index is 0.182. The molecule has 4 rings (SSSR count). The van der Waals surface area contributed by atoms with Gasteiger partial charge in [0.2, 0.25) is 5.95 Å². The fourth-order valence-electron chi connectivity index (χ4n) is 4.08. The van der Waals surface area contributed by atoms with Gasteiger partial charge in [0.15, 0.2) is 0 Å². The number of piperidine rings is 1. The SMILES string of the molecule is O=C(NCCCN1CCN(c2ncccn2)CC1)Nc1ccc(N2CCCCC2)nc1. The summed E-state index contributed by atoms with van der Waals surface area (Å²) in [6, 6.07) is 5.57. The lowest BCUT2D eigenvalue weighted by atomic mass is 10.1. The number of aromatic nitrogens is 3. The second kappa shape index (κ2) is 10.9. The third kappa shape index (κ3) is 6.27. The zero-order chi connectivity index (χ0) is 21.3. The monoisotopic (exact) mass is 424 g/mol. The van der Waals surface area contributed by atoms with Gasteiger partial charge in [-0.25, -0.2) is 19.7 Å². The van der Waals surface area contributed by atoms with Gasteiger partial charge < -0.3 is 20.4 Å². The van der Waals surface area contributed by atoms with Crippen LogP contribution in [-0.2, 0) is 0 Å².